The fraction of sp³-hybridized carbons (Fsp3) is 0.533. The molecule has 0 bridgehead atoms. The van der Waals surface area contributed by atoms with Gasteiger partial charge in [-0.1, -0.05) is 0 Å². The maximum Gasteiger partial charge on any atom is 0.258 e. The topological polar surface area (TPSA) is 67.6 Å². The molecule has 2 saturated heterocycles. The highest BCUT2D eigenvalue weighted by Crippen LogP contribution is 2.27. The third kappa shape index (κ3) is 2.88. The van der Waals surface area contributed by atoms with Gasteiger partial charge in [0.05, 0.1) is 0 Å². The number of nitrogens with zero attached hydrogens (tertiary/aromatic N) is 1. The molecular weight excluding hydrogens is 254 g/mol. The number of anilines is 1. The molecule has 3 N–H and O–H groups in total. The standard InChI is InChI=1S/C15H21N3O2/c16-11-3-5-12(6-4-11)20-10-15(19)17-13-7-9-18-8-1-2-14(13)18/h3-6,13-14H,1-2,7-10,16H2,(H,17,19). The first-order chi connectivity index (χ1) is 9.72. The number of amides is 1. The molecule has 1 amide bonds. The van der Waals surface area contributed by atoms with Crippen LogP contribution in [-0.2, 0) is 4.79 Å². The Labute approximate surface area is 119 Å². The van der Waals surface area contributed by atoms with Crippen molar-refractivity contribution in [1.29, 1.82) is 0 Å². The Kier molecular flexibility index (Phi) is 3.78. The van der Waals surface area contributed by atoms with Crippen LogP contribution in [-0.4, -0.2) is 42.6 Å². The zero-order valence-electron chi connectivity index (χ0n) is 11.5. The van der Waals surface area contributed by atoms with Gasteiger partial charge in [-0.3, -0.25) is 9.69 Å². The van der Waals surface area contributed by atoms with Gasteiger partial charge in [0.1, 0.15) is 5.75 Å². The number of hydrogen-bond acceptors (Lipinski definition) is 4. The summed E-state index contributed by atoms with van der Waals surface area (Å²) in [5.74, 6) is 0.629. The number of benzene rings is 1. The summed E-state index contributed by atoms with van der Waals surface area (Å²) in [5.41, 5.74) is 6.29. The van der Waals surface area contributed by atoms with E-state index in [1.807, 2.05) is 0 Å². The van der Waals surface area contributed by atoms with Crippen LogP contribution in [0.4, 0.5) is 5.69 Å². The van der Waals surface area contributed by atoms with E-state index in [1.165, 1.54) is 19.4 Å². The van der Waals surface area contributed by atoms with E-state index in [0.29, 0.717) is 23.5 Å². The van der Waals surface area contributed by atoms with Crippen LogP contribution in [0.2, 0.25) is 0 Å². The summed E-state index contributed by atoms with van der Waals surface area (Å²) < 4.78 is 5.46. The molecule has 5 nitrogen and oxygen atoms in total. The van der Waals surface area contributed by atoms with Crippen LogP contribution in [0.5, 0.6) is 5.75 Å². The van der Waals surface area contributed by atoms with Gasteiger partial charge >= 0.3 is 0 Å². The maximum absolute atomic E-state index is 11.9. The molecule has 0 aromatic heterocycles. The largest absolute Gasteiger partial charge is 0.484 e. The van der Waals surface area contributed by atoms with Crippen molar-refractivity contribution in [2.24, 2.45) is 0 Å². The average molecular weight is 275 g/mol. The Morgan fingerprint density at radius 3 is 2.90 bits per heavy atom. The van der Waals surface area contributed by atoms with Crippen molar-refractivity contribution >= 4 is 11.6 Å². The molecule has 1 aromatic carbocycles. The second-order valence-electron chi connectivity index (χ2n) is 5.57. The number of ether oxygens (including phenoxy) is 1. The first-order valence-electron chi connectivity index (χ1n) is 7.24. The molecule has 1 aromatic rings. The molecule has 0 aliphatic carbocycles. The summed E-state index contributed by atoms with van der Waals surface area (Å²) in [5, 5.41) is 3.10. The monoisotopic (exact) mass is 275 g/mol. The van der Waals surface area contributed by atoms with Gasteiger partial charge in [0.2, 0.25) is 0 Å². The van der Waals surface area contributed by atoms with Gasteiger partial charge in [0, 0.05) is 24.3 Å². The molecule has 5 heteroatoms. The third-order valence-electron chi connectivity index (χ3n) is 4.20. The number of nitrogens with two attached hydrogens (primary N) is 1. The Bertz CT molecular complexity index is 475. The minimum absolute atomic E-state index is 0.0411. The number of nitrogen functional groups attached to an aromatic ring is 1. The molecule has 2 fully saturated rings. The average Bonchev–Trinajstić information content (AvgIpc) is 3.03. The van der Waals surface area contributed by atoms with Gasteiger partial charge in [0.15, 0.2) is 6.61 Å². The van der Waals surface area contributed by atoms with Crippen molar-refractivity contribution in [1.82, 2.24) is 10.2 Å². The van der Waals surface area contributed by atoms with E-state index >= 15 is 0 Å². The van der Waals surface area contributed by atoms with Gasteiger partial charge in [-0.2, -0.15) is 0 Å². The van der Waals surface area contributed by atoms with Crippen molar-refractivity contribution in [3.63, 3.8) is 0 Å². The van der Waals surface area contributed by atoms with E-state index in [9.17, 15) is 4.79 Å². The van der Waals surface area contributed by atoms with Gasteiger partial charge in [-0.05, 0) is 50.1 Å². The molecule has 0 spiro atoms. The molecule has 2 aliphatic heterocycles. The van der Waals surface area contributed by atoms with E-state index in [1.54, 1.807) is 24.3 Å². The van der Waals surface area contributed by atoms with Crippen molar-refractivity contribution in [3.8, 4) is 5.75 Å². The third-order valence-corrected chi connectivity index (χ3v) is 4.20. The molecule has 2 unspecified atom stereocenters. The molecule has 3 rings (SSSR count). The Balaban J connectivity index is 1.46. The highest BCUT2D eigenvalue weighted by Gasteiger charge is 2.37. The van der Waals surface area contributed by atoms with Crippen molar-refractivity contribution in [2.75, 3.05) is 25.4 Å². The number of rotatable bonds is 4. The SMILES string of the molecule is Nc1ccc(OCC(=O)NC2CCN3CCCC23)cc1. The quantitative estimate of drug-likeness (QED) is 0.805. The van der Waals surface area contributed by atoms with Crippen LogP contribution in [0, 0.1) is 0 Å². The van der Waals surface area contributed by atoms with E-state index in [2.05, 4.69) is 10.2 Å². The minimum Gasteiger partial charge on any atom is -0.484 e. The van der Waals surface area contributed by atoms with Crippen LogP contribution in [0.3, 0.4) is 0 Å². The molecule has 0 radical (unpaired) electrons. The van der Waals surface area contributed by atoms with Gasteiger partial charge in [-0.25, -0.2) is 0 Å². The van der Waals surface area contributed by atoms with Crippen LogP contribution in [0.15, 0.2) is 24.3 Å². The highest BCUT2D eigenvalue weighted by atomic mass is 16.5. The van der Waals surface area contributed by atoms with Crippen molar-refractivity contribution in [3.05, 3.63) is 24.3 Å². The van der Waals surface area contributed by atoms with E-state index < -0.39 is 0 Å². The Morgan fingerprint density at radius 2 is 2.10 bits per heavy atom. The van der Waals surface area contributed by atoms with Gasteiger partial charge < -0.3 is 15.8 Å². The molecule has 20 heavy (non-hydrogen) atoms. The van der Waals surface area contributed by atoms with Gasteiger partial charge in [0.25, 0.3) is 5.91 Å². The number of fused-ring (bicyclic) bond motifs is 1. The second-order valence-corrected chi connectivity index (χ2v) is 5.57. The lowest BCUT2D eigenvalue weighted by Gasteiger charge is -2.21. The zero-order chi connectivity index (χ0) is 13.9. The fourth-order valence-electron chi connectivity index (χ4n) is 3.21. The summed E-state index contributed by atoms with van der Waals surface area (Å²) in [6.07, 6.45) is 3.50. The second kappa shape index (κ2) is 5.71. The van der Waals surface area contributed by atoms with Crippen LogP contribution >= 0.6 is 0 Å². The lowest BCUT2D eigenvalue weighted by Crippen LogP contribution is -2.44. The summed E-state index contributed by atoms with van der Waals surface area (Å²) in [7, 11) is 0. The summed E-state index contributed by atoms with van der Waals surface area (Å²) in [6.45, 7) is 2.35. The predicted octanol–water partition coefficient (Wildman–Crippen LogP) is 1.00. The summed E-state index contributed by atoms with van der Waals surface area (Å²) in [6, 6.07) is 7.91. The first-order valence-corrected chi connectivity index (χ1v) is 7.24. The zero-order valence-corrected chi connectivity index (χ0v) is 11.5. The van der Waals surface area contributed by atoms with Crippen molar-refractivity contribution in [2.45, 2.75) is 31.3 Å². The van der Waals surface area contributed by atoms with Crippen LogP contribution in [0.25, 0.3) is 0 Å². The molecule has 0 saturated carbocycles. The number of hydrogen-bond donors (Lipinski definition) is 2. The van der Waals surface area contributed by atoms with E-state index in [-0.39, 0.29) is 12.5 Å². The molecule has 2 aliphatic rings. The smallest absolute Gasteiger partial charge is 0.258 e. The summed E-state index contributed by atoms with van der Waals surface area (Å²) >= 11 is 0. The minimum atomic E-state index is -0.0411. The van der Waals surface area contributed by atoms with E-state index in [0.717, 1.165) is 13.0 Å². The fourth-order valence-corrected chi connectivity index (χ4v) is 3.21. The van der Waals surface area contributed by atoms with Gasteiger partial charge in [-0.15, -0.1) is 0 Å². The maximum atomic E-state index is 11.9. The number of nitrogens with one attached hydrogen (secondary N) is 1. The molecule has 2 atom stereocenters. The predicted molar refractivity (Wildman–Crippen MR) is 77.5 cm³/mol. The highest BCUT2D eigenvalue weighted by molar-refractivity contribution is 5.78. The normalized spacial score (nSPS) is 25.4. The Morgan fingerprint density at radius 1 is 1.30 bits per heavy atom. The lowest BCUT2D eigenvalue weighted by molar-refractivity contribution is -0.123. The Hall–Kier alpha value is -1.75. The van der Waals surface area contributed by atoms with Crippen LogP contribution < -0.4 is 15.8 Å². The first kappa shape index (κ1) is 13.2. The van der Waals surface area contributed by atoms with E-state index in [4.69, 9.17) is 10.5 Å². The summed E-state index contributed by atoms with van der Waals surface area (Å²) in [4.78, 5) is 14.4. The number of carbonyl (C=O) groups excluding carboxylic acids is 1. The van der Waals surface area contributed by atoms with Crippen LogP contribution in [0.1, 0.15) is 19.3 Å². The number of carbonyl (C=O) groups is 1. The van der Waals surface area contributed by atoms with Crippen molar-refractivity contribution < 1.29 is 9.53 Å². The molecule has 108 valence electrons. The molecular formula is C15H21N3O2. The lowest BCUT2D eigenvalue weighted by atomic mass is 10.1. The molecule has 2 heterocycles.